The highest BCUT2D eigenvalue weighted by atomic mass is 35.5. The van der Waals surface area contributed by atoms with Crippen LogP contribution >= 0.6 is 11.6 Å². The van der Waals surface area contributed by atoms with Crippen LogP contribution in [0.25, 0.3) is 10.8 Å². The molecule has 1 aliphatic rings. The summed E-state index contributed by atoms with van der Waals surface area (Å²) < 4.78 is 13.7. The first-order valence-corrected chi connectivity index (χ1v) is 6.43. The van der Waals surface area contributed by atoms with E-state index < -0.39 is 0 Å². The van der Waals surface area contributed by atoms with Crippen molar-refractivity contribution in [2.75, 3.05) is 0 Å². The highest BCUT2D eigenvalue weighted by molar-refractivity contribution is 6.22. The summed E-state index contributed by atoms with van der Waals surface area (Å²) in [6.45, 7) is 2.21. The fourth-order valence-electron chi connectivity index (χ4n) is 2.52. The molecule has 0 N–H and O–H groups in total. The van der Waals surface area contributed by atoms with Crippen LogP contribution in [0.4, 0.5) is 4.39 Å². The molecule has 2 heteroatoms. The highest BCUT2D eigenvalue weighted by Gasteiger charge is 2.39. The summed E-state index contributed by atoms with van der Waals surface area (Å²) in [6, 6.07) is 10.9. The Hall–Kier alpha value is -1.08. The van der Waals surface area contributed by atoms with Gasteiger partial charge in [0.2, 0.25) is 0 Å². The number of halogens is 2. The van der Waals surface area contributed by atoms with Crippen LogP contribution in [0.3, 0.4) is 0 Å². The summed E-state index contributed by atoms with van der Waals surface area (Å²) in [5, 5.41) is 1.63. The number of fused-ring (bicyclic) bond motifs is 1. The molecule has 0 aromatic heterocycles. The van der Waals surface area contributed by atoms with Crippen molar-refractivity contribution in [3.05, 3.63) is 47.8 Å². The Morgan fingerprint density at radius 3 is 2.47 bits per heavy atom. The van der Waals surface area contributed by atoms with Gasteiger partial charge in [-0.05, 0) is 35.3 Å². The zero-order chi connectivity index (χ0) is 12.0. The standard InChI is InChI=1S/C15H14ClF/c1-9-8-13(9)15(16)12-6-7-14(17)11-5-3-2-4-10(11)12/h2-7,9,13,15H,8H2,1H3. The predicted octanol–water partition coefficient (Wildman–Crippen LogP) is 4.91. The maximum atomic E-state index is 13.7. The van der Waals surface area contributed by atoms with E-state index in [1.807, 2.05) is 30.3 Å². The van der Waals surface area contributed by atoms with Crippen molar-refractivity contribution in [3.8, 4) is 0 Å². The van der Waals surface area contributed by atoms with E-state index in [4.69, 9.17) is 11.6 Å². The molecule has 3 unspecified atom stereocenters. The van der Waals surface area contributed by atoms with Crippen molar-refractivity contribution in [1.82, 2.24) is 0 Å². The third-order valence-electron chi connectivity index (χ3n) is 3.75. The minimum atomic E-state index is -0.169. The van der Waals surface area contributed by atoms with Crippen LogP contribution in [0.15, 0.2) is 36.4 Å². The monoisotopic (exact) mass is 248 g/mol. The zero-order valence-corrected chi connectivity index (χ0v) is 10.4. The number of hydrogen-bond donors (Lipinski definition) is 0. The maximum absolute atomic E-state index is 13.7. The summed E-state index contributed by atoms with van der Waals surface area (Å²) >= 11 is 6.51. The van der Waals surface area contributed by atoms with Gasteiger partial charge in [-0.1, -0.05) is 37.3 Å². The largest absolute Gasteiger partial charge is 0.206 e. The summed E-state index contributed by atoms with van der Waals surface area (Å²) in [4.78, 5) is 0. The van der Waals surface area contributed by atoms with Gasteiger partial charge in [-0.25, -0.2) is 4.39 Å². The second-order valence-corrected chi connectivity index (χ2v) is 5.43. The molecule has 0 radical (unpaired) electrons. The lowest BCUT2D eigenvalue weighted by atomic mass is 9.99. The number of rotatable bonds is 2. The van der Waals surface area contributed by atoms with Crippen LogP contribution in [0.1, 0.15) is 24.3 Å². The summed E-state index contributed by atoms with van der Waals surface area (Å²) in [6.07, 6.45) is 1.18. The van der Waals surface area contributed by atoms with Crippen LogP contribution in [0, 0.1) is 17.7 Å². The first-order chi connectivity index (χ1) is 8.18. The zero-order valence-electron chi connectivity index (χ0n) is 9.66. The first kappa shape index (κ1) is 11.0. The first-order valence-electron chi connectivity index (χ1n) is 5.99. The number of alkyl halides is 1. The molecule has 0 bridgehead atoms. The molecule has 0 saturated heterocycles. The summed E-state index contributed by atoms with van der Waals surface area (Å²) in [5.41, 5.74) is 1.07. The molecule has 0 heterocycles. The van der Waals surface area contributed by atoms with Crippen LogP contribution in [-0.2, 0) is 0 Å². The predicted molar refractivity (Wildman–Crippen MR) is 69.8 cm³/mol. The molecule has 2 aromatic carbocycles. The highest BCUT2D eigenvalue weighted by Crippen LogP contribution is 2.51. The Balaban J connectivity index is 2.13. The van der Waals surface area contributed by atoms with Gasteiger partial charge in [0.15, 0.2) is 0 Å². The van der Waals surface area contributed by atoms with E-state index in [1.54, 1.807) is 0 Å². The van der Waals surface area contributed by atoms with Gasteiger partial charge in [0.05, 0.1) is 5.38 Å². The smallest absolute Gasteiger partial charge is 0.131 e. The Bertz CT molecular complexity index is 564. The number of benzene rings is 2. The second kappa shape index (κ2) is 3.99. The van der Waals surface area contributed by atoms with Gasteiger partial charge in [0.25, 0.3) is 0 Å². The minimum Gasteiger partial charge on any atom is -0.206 e. The molecule has 0 aliphatic heterocycles. The van der Waals surface area contributed by atoms with Gasteiger partial charge in [-0.2, -0.15) is 0 Å². The number of hydrogen-bond acceptors (Lipinski definition) is 0. The topological polar surface area (TPSA) is 0 Å². The van der Waals surface area contributed by atoms with Crippen molar-refractivity contribution in [2.24, 2.45) is 11.8 Å². The minimum absolute atomic E-state index is 0.00972. The van der Waals surface area contributed by atoms with E-state index in [0.29, 0.717) is 17.2 Å². The molecule has 17 heavy (non-hydrogen) atoms. The summed E-state index contributed by atoms with van der Waals surface area (Å²) in [7, 11) is 0. The van der Waals surface area contributed by atoms with Gasteiger partial charge >= 0.3 is 0 Å². The van der Waals surface area contributed by atoms with Crippen LogP contribution in [0.2, 0.25) is 0 Å². The van der Waals surface area contributed by atoms with Crippen LogP contribution < -0.4 is 0 Å². The van der Waals surface area contributed by atoms with Gasteiger partial charge in [-0.3, -0.25) is 0 Å². The average molecular weight is 249 g/mol. The molecule has 3 atom stereocenters. The molecule has 0 nitrogen and oxygen atoms in total. The van der Waals surface area contributed by atoms with Crippen molar-refractivity contribution >= 4 is 22.4 Å². The molecule has 0 amide bonds. The molecule has 88 valence electrons. The van der Waals surface area contributed by atoms with Crippen molar-refractivity contribution < 1.29 is 4.39 Å². The molecule has 1 aliphatic carbocycles. The van der Waals surface area contributed by atoms with Crippen molar-refractivity contribution in [3.63, 3.8) is 0 Å². The Kier molecular flexibility index (Phi) is 2.59. The quantitative estimate of drug-likeness (QED) is 0.662. The molecule has 2 aromatic rings. The Labute approximate surface area is 105 Å². The Morgan fingerprint density at radius 2 is 1.82 bits per heavy atom. The summed E-state index contributed by atoms with van der Waals surface area (Å²) in [5.74, 6) is 1.07. The molecule has 1 saturated carbocycles. The lowest BCUT2D eigenvalue weighted by molar-refractivity contribution is 0.638. The van der Waals surface area contributed by atoms with Gasteiger partial charge < -0.3 is 0 Å². The van der Waals surface area contributed by atoms with Gasteiger partial charge in [0.1, 0.15) is 5.82 Å². The second-order valence-electron chi connectivity index (χ2n) is 4.96. The molecule has 0 spiro atoms. The lowest BCUT2D eigenvalue weighted by Crippen LogP contribution is -1.96. The average Bonchev–Trinajstić information content (AvgIpc) is 3.07. The van der Waals surface area contributed by atoms with E-state index in [0.717, 1.165) is 10.9 Å². The van der Waals surface area contributed by atoms with Gasteiger partial charge in [-0.15, -0.1) is 11.6 Å². The van der Waals surface area contributed by atoms with E-state index in [9.17, 15) is 4.39 Å². The van der Waals surface area contributed by atoms with Crippen LogP contribution in [0.5, 0.6) is 0 Å². The van der Waals surface area contributed by atoms with Crippen molar-refractivity contribution in [1.29, 1.82) is 0 Å². The lowest BCUT2D eigenvalue weighted by Gasteiger charge is -2.13. The Morgan fingerprint density at radius 1 is 1.18 bits per heavy atom. The molecular weight excluding hydrogens is 235 g/mol. The van der Waals surface area contributed by atoms with E-state index in [-0.39, 0.29) is 11.2 Å². The molecule has 1 fully saturated rings. The third kappa shape index (κ3) is 1.83. The SMILES string of the molecule is CC1CC1C(Cl)c1ccc(F)c2ccccc12. The van der Waals surface area contributed by atoms with E-state index in [2.05, 4.69) is 6.92 Å². The molecule has 3 rings (SSSR count). The van der Waals surface area contributed by atoms with Crippen LogP contribution in [-0.4, -0.2) is 0 Å². The maximum Gasteiger partial charge on any atom is 0.131 e. The fraction of sp³-hybridized carbons (Fsp3) is 0.333. The third-order valence-corrected chi connectivity index (χ3v) is 4.31. The van der Waals surface area contributed by atoms with E-state index >= 15 is 0 Å². The normalized spacial score (nSPS) is 24.9. The molecular formula is C15H14ClF. The fourth-order valence-corrected chi connectivity index (χ4v) is 3.06. The van der Waals surface area contributed by atoms with Crippen molar-refractivity contribution in [2.45, 2.75) is 18.7 Å². The van der Waals surface area contributed by atoms with E-state index in [1.165, 1.54) is 12.5 Å². The van der Waals surface area contributed by atoms with Gasteiger partial charge in [0, 0.05) is 5.39 Å².